The second-order valence-corrected chi connectivity index (χ2v) is 6.04. The standard InChI is InChI=1S/C20H19FN2O/c1-23-12-3-2-7-18(20(23)24)19-11-10-16(14-22-19)9-8-15-5-4-6-17(21)13-15/h4-6,10-11,13-14,18H,2-3,7,12H2,1H3/t18-/m0/s1. The van der Waals surface area contributed by atoms with Gasteiger partial charge in [-0.05, 0) is 43.2 Å². The van der Waals surface area contributed by atoms with E-state index in [0.717, 1.165) is 37.1 Å². The van der Waals surface area contributed by atoms with E-state index in [1.54, 1.807) is 23.2 Å². The average Bonchev–Trinajstić information content (AvgIpc) is 2.76. The van der Waals surface area contributed by atoms with Crippen LogP contribution in [-0.2, 0) is 4.79 Å². The lowest BCUT2D eigenvalue weighted by Crippen LogP contribution is -2.30. The van der Waals surface area contributed by atoms with Crippen LogP contribution < -0.4 is 0 Å². The van der Waals surface area contributed by atoms with Gasteiger partial charge in [-0.25, -0.2) is 4.39 Å². The predicted molar refractivity (Wildman–Crippen MR) is 90.8 cm³/mol. The van der Waals surface area contributed by atoms with Gasteiger partial charge in [0.05, 0.1) is 11.6 Å². The summed E-state index contributed by atoms with van der Waals surface area (Å²) in [6, 6.07) is 9.92. The van der Waals surface area contributed by atoms with E-state index in [0.29, 0.717) is 5.56 Å². The van der Waals surface area contributed by atoms with Crippen molar-refractivity contribution in [2.75, 3.05) is 13.6 Å². The number of hydrogen-bond acceptors (Lipinski definition) is 2. The lowest BCUT2D eigenvalue weighted by atomic mass is 9.97. The largest absolute Gasteiger partial charge is 0.345 e. The number of hydrogen-bond donors (Lipinski definition) is 0. The fourth-order valence-electron chi connectivity index (χ4n) is 2.87. The van der Waals surface area contributed by atoms with Crippen LogP contribution in [-0.4, -0.2) is 29.4 Å². The van der Waals surface area contributed by atoms with Crippen LogP contribution in [0.4, 0.5) is 4.39 Å². The Hall–Kier alpha value is -2.67. The third-order valence-corrected chi connectivity index (χ3v) is 4.23. The summed E-state index contributed by atoms with van der Waals surface area (Å²) >= 11 is 0. The molecule has 1 amide bonds. The van der Waals surface area contributed by atoms with Gasteiger partial charge in [0.15, 0.2) is 0 Å². The van der Waals surface area contributed by atoms with Crippen LogP contribution >= 0.6 is 0 Å². The van der Waals surface area contributed by atoms with Crippen LogP contribution in [0.2, 0.25) is 0 Å². The molecule has 3 nitrogen and oxygen atoms in total. The first-order valence-corrected chi connectivity index (χ1v) is 8.12. The maximum Gasteiger partial charge on any atom is 0.231 e. The Bertz CT molecular complexity index is 789. The molecular weight excluding hydrogens is 303 g/mol. The summed E-state index contributed by atoms with van der Waals surface area (Å²) in [5, 5.41) is 0. The van der Waals surface area contributed by atoms with E-state index in [-0.39, 0.29) is 17.6 Å². The number of amides is 1. The summed E-state index contributed by atoms with van der Waals surface area (Å²) in [6.45, 7) is 0.812. The minimum Gasteiger partial charge on any atom is -0.345 e. The normalized spacial score (nSPS) is 17.8. The quantitative estimate of drug-likeness (QED) is 0.755. The molecule has 2 heterocycles. The van der Waals surface area contributed by atoms with Crippen LogP contribution in [0.25, 0.3) is 0 Å². The number of aromatic nitrogens is 1. The average molecular weight is 322 g/mol. The van der Waals surface area contributed by atoms with Gasteiger partial charge >= 0.3 is 0 Å². The second kappa shape index (κ2) is 7.27. The highest BCUT2D eigenvalue weighted by Crippen LogP contribution is 2.25. The molecule has 1 fully saturated rings. The molecule has 0 spiro atoms. The first-order valence-electron chi connectivity index (χ1n) is 8.12. The van der Waals surface area contributed by atoms with Gasteiger partial charge in [-0.3, -0.25) is 9.78 Å². The number of rotatable bonds is 1. The van der Waals surface area contributed by atoms with E-state index in [1.807, 2.05) is 19.2 Å². The van der Waals surface area contributed by atoms with Gasteiger partial charge in [-0.1, -0.05) is 24.3 Å². The van der Waals surface area contributed by atoms with Crippen LogP contribution in [0.3, 0.4) is 0 Å². The zero-order valence-electron chi connectivity index (χ0n) is 13.6. The summed E-state index contributed by atoms with van der Waals surface area (Å²) in [6.07, 6.45) is 4.59. The van der Waals surface area contributed by atoms with Crippen molar-refractivity contribution in [1.29, 1.82) is 0 Å². The number of nitrogens with zero attached hydrogens (tertiary/aromatic N) is 2. The molecule has 0 radical (unpaired) electrons. The zero-order valence-corrected chi connectivity index (χ0v) is 13.6. The number of benzene rings is 1. The Balaban J connectivity index is 1.77. The molecule has 0 saturated carbocycles. The highest BCUT2D eigenvalue weighted by atomic mass is 19.1. The molecule has 122 valence electrons. The van der Waals surface area contributed by atoms with E-state index in [1.165, 1.54) is 12.1 Å². The maximum absolute atomic E-state index is 13.1. The van der Waals surface area contributed by atoms with E-state index in [2.05, 4.69) is 16.8 Å². The SMILES string of the molecule is CN1CCCC[C@@H](c2ccc(C#Cc3cccc(F)c3)cn2)C1=O. The lowest BCUT2D eigenvalue weighted by Gasteiger charge is -2.19. The van der Waals surface area contributed by atoms with E-state index < -0.39 is 0 Å². The fourth-order valence-corrected chi connectivity index (χ4v) is 2.87. The molecule has 4 heteroatoms. The summed E-state index contributed by atoms with van der Waals surface area (Å²) in [5.41, 5.74) is 2.17. The zero-order chi connectivity index (χ0) is 16.9. The minimum absolute atomic E-state index is 0.138. The molecule has 3 rings (SSSR count). The second-order valence-electron chi connectivity index (χ2n) is 6.04. The first kappa shape index (κ1) is 16.2. The van der Waals surface area contributed by atoms with E-state index >= 15 is 0 Å². The molecule has 1 aromatic heterocycles. The van der Waals surface area contributed by atoms with Crippen molar-refractivity contribution in [3.8, 4) is 11.8 Å². The molecule has 1 aromatic carbocycles. The van der Waals surface area contributed by atoms with Crippen molar-refractivity contribution >= 4 is 5.91 Å². The van der Waals surface area contributed by atoms with Crippen LogP contribution in [0.5, 0.6) is 0 Å². The molecule has 0 N–H and O–H groups in total. The van der Waals surface area contributed by atoms with Crippen molar-refractivity contribution in [3.05, 3.63) is 65.2 Å². The Kier molecular flexibility index (Phi) is 4.90. The summed E-state index contributed by atoms with van der Waals surface area (Å²) in [7, 11) is 1.85. The minimum atomic E-state index is -0.300. The number of likely N-dealkylation sites (N-methyl/N-ethyl adjacent to an activating group) is 1. The lowest BCUT2D eigenvalue weighted by molar-refractivity contribution is -0.131. The van der Waals surface area contributed by atoms with Crippen molar-refractivity contribution in [2.24, 2.45) is 0 Å². The van der Waals surface area contributed by atoms with Crippen molar-refractivity contribution < 1.29 is 9.18 Å². The fraction of sp³-hybridized carbons (Fsp3) is 0.300. The van der Waals surface area contributed by atoms with Crippen molar-refractivity contribution in [3.63, 3.8) is 0 Å². The van der Waals surface area contributed by atoms with Gasteiger partial charge in [-0.15, -0.1) is 0 Å². The third-order valence-electron chi connectivity index (χ3n) is 4.23. The van der Waals surface area contributed by atoms with E-state index in [9.17, 15) is 9.18 Å². The Morgan fingerprint density at radius 3 is 2.75 bits per heavy atom. The van der Waals surface area contributed by atoms with E-state index in [4.69, 9.17) is 0 Å². The Labute approximate surface area is 141 Å². The van der Waals surface area contributed by atoms with Crippen LogP contribution in [0.15, 0.2) is 42.6 Å². The number of pyridine rings is 1. The third kappa shape index (κ3) is 3.80. The highest BCUT2D eigenvalue weighted by molar-refractivity contribution is 5.83. The molecule has 0 bridgehead atoms. The molecule has 24 heavy (non-hydrogen) atoms. The van der Waals surface area contributed by atoms with Crippen LogP contribution in [0, 0.1) is 17.7 Å². The summed E-state index contributed by atoms with van der Waals surface area (Å²) in [5.74, 6) is 5.57. The predicted octanol–water partition coefficient (Wildman–Crippen LogP) is 3.35. The van der Waals surface area contributed by atoms with Gasteiger partial charge in [-0.2, -0.15) is 0 Å². The molecule has 1 saturated heterocycles. The summed E-state index contributed by atoms with van der Waals surface area (Å²) in [4.78, 5) is 18.6. The smallest absolute Gasteiger partial charge is 0.231 e. The van der Waals surface area contributed by atoms with Gasteiger partial charge in [0.1, 0.15) is 5.82 Å². The molecule has 0 aliphatic carbocycles. The number of carbonyl (C=O) groups excluding carboxylic acids is 1. The van der Waals surface area contributed by atoms with Gasteiger partial charge in [0.25, 0.3) is 0 Å². The Morgan fingerprint density at radius 1 is 1.17 bits per heavy atom. The Morgan fingerprint density at radius 2 is 2.00 bits per heavy atom. The number of carbonyl (C=O) groups is 1. The molecule has 1 atom stereocenters. The molecule has 2 aromatic rings. The number of halogens is 1. The van der Waals surface area contributed by atoms with Crippen LogP contribution in [0.1, 0.15) is 42.0 Å². The first-order chi connectivity index (χ1) is 11.6. The van der Waals surface area contributed by atoms with Crippen molar-refractivity contribution in [1.82, 2.24) is 9.88 Å². The van der Waals surface area contributed by atoms with Gasteiger partial charge < -0.3 is 4.90 Å². The van der Waals surface area contributed by atoms with Gasteiger partial charge in [0.2, 0.25) is 5.91 Å². The topological polar surface area (TPSA) is 33.2 Å². The maximum atomic E-state index is 13.1. The molecule has 0 unspecified atom stereocenters. The van der Waals surface area contributed by atoms with Crippen molar-refractivity contribution in [2.45, 2.75) is 25.2 Å². The molecule has 1 aliphatic rings. The molecular formula is C20H19FN2O. The summed E-state index contributed by atoms with van der Waals surface area (Å²) < 4.78 is 13.1. The highest BCUT2D eigenvalue weighted by Gasteiger charge is 2.26. The van der Waals surface area contributed by atoms with Gasteiger partial charge in [0, 0.05) is 30.9 Å². The monoisotopic (exact) mass is 322 g/mol. The number of likely N-dealkylation sites (tertiary alicyclic amines) is 1. The molecule has 1 aliphatic heterocycles.